The molecule has 0 spiro atoms. The SMILES string of the molecule is Cc1ccc(C(NN)c2cccc(OC(F)F)c2)cn1. The minimum Gasteiger partial charge on any atom is -0.435 e. The summed E-state index contributed by atoms with van der Waals surface area (Å²) in [5.41, 5.74) is 5.10. The molecule has 1 atom stereocenters. The third kappa shape index (κ3) is 3.49. The Morgan fingerprint density at radius 2 is 2.00 bits per heavy atom. The summed E-state index contributed by atoms with van der Waals surface area (Å²) >= 11 is 0. The predicted octanol–water partition coefficient (Wildman–Crippen LogP) is 2.54. The van der Waals surface area contributed by atoms with Gasteiger partial charge < -0.3 is 4.74 Å². The highest BCUT2D eigenvalue weighted by molar-refractivity contribution is 5.36. The van der Waals surface area contributed by atoms with Crippen LogP contribution in [0.25, 0.3) is 0 Å². The number of hydrogen-bond donors (Lipinski definition) is 2. The lowest BCUT2D eigenvalue weighted by Gasteiger charge is -2.17. The van der Waals surface area contributed by atoms with Crippen LogP contribution in [0.4, 0.5) is 8.78 Å². The van der Waals surface area contributed by atoms with Crippen LogP contribution in [0.15, 0.2) is 42.6 Å². The monoisotopic (exact) mass is 279 g/mol. The zero-order valence-corrected chi connectivity index (χ0v) is 10.9. The lowest BCUT2D eigenvalue weighted by molar-refractivity contribution is -0.0498. The van der Waals surface area contributed by atoms with Gasteiger partial charge in [0.2, 0.25) is 0 Å². The molecule has 1 aromatic heterocycles. The lowest BCUT2D eigenvalue weighted by Crippen LogP contribution is -2.29. The molecule has 2 aromatic rings. The molecule has 4 nitrogen and oxygen atoms in total. The van der Waals surface area contributed by atoms with Crippen molar-refractivity contribution in [2.24, 2.45) is 5.84 Å². The Labute approximate surface area is 115 Å². The molecular formula is C14H15F2N3O. The Morgan fingerprint density at radius 1 is 1.20 bits per heavy atom. The molecule has 0 saturated heterocycles. The second-order valence-electron chi connectivity index (χ2n) is 4.28. The largest absolute Gasteiger partial charge is 0.435 e. The molecule has 0 aliphatic carbocycles. The maximum atomic E-state index is 12.2. The molecule has 0 bridgehead atoms. The maximum absolute atomic E-state index is 12.2. The third-order valence-electron chi connectivity index (χ3n) is 2.85. The van der Waals surface area contributed by atoms with E-state index in [0.717, 1.165) is 16.8 Å². The van der Waals surface area contributed by atoms with Crippen LogP contribution in [0.2, 0.25) is 0 Å². The smallest absolute Gasteiger partial charge is 0.387 e. The van der Waals surface area contributed by atoms with Crippen molar-refractivity contribution in [3.05, 3.63) is 59.4 Å². The number of nitrogens with two attached hydrogens (primary N) is 1. The maximum Gasteiger partial charge on any atom is 0.387 e. The van der Waals surface area contributed by atoms with Crippen molar-refractivity contribution in [1.82, 2.24) is 10.4 Å². The van der Waals surface area contributed by atoms with Gasteiger partial charge in [0.15, 0.2) is 0 Å². The Hall–Kier alpha value is -2.05. The first-order valence-corrected chi connectivity index (χ1v) is 6.03. The minimum absolute atomic E-state index is 0.0952. The van der Waals surface area contributed by atoms with Crippen LogP contribution in [0, 0.1) is 6.92 Å². The second-order valence-corrected chi connectivity index (χ2v) is 4.28. The number of aryl methyl sites for hydroxylation is 1. The van der Waals surface area contributed by atoms with Crippen LogP contribution in [0.1, 0.15) is 22.9 Å². The van der Waals surface area contributed by atoms with Gasteiger partial charge in [0, 0.05) is 11.9 Å². The van der Waals surface area contributed by atoms with E-state index in [4.69, 9.17) is 5.84 Å². The van der Waals surface area contributed by atoms with Crippen LogP contribution in [0.3, 0.4) is 0 Å². The molecule has 0 radical (unpaired) electrons. The summed E-state index contributed by atoms with van der Waals surface area (Å²) in [6.45, 7) is -0.971. The van der Waals surface area contributed by atoms with Gasteiger partial charge in [-0.15, -0.1) is 0 Å². The highest BCUT2D eigenvalue weighted by Crippen LogP contribution is 2.25. The zero-order chi connectivity index (χ0) is 14.5. The quantitative estimate of drug-likeness (QED) is 0.652. The van der Waals surface area contributed by atoms with Gasteiger partial charge in [-0.25, -0.2) is 5.43 Å². The molecule has 0 fully saturated rings. The molecule has 1 heterocycles. The molecular weight excluding hydrogens is 264 g/mol. The fourth-order valence-electron chi connectivity index (χ4n) is 1.91. The number of pyridine rings is 1. The average molecular weight is 279 g/mol. The molecule has 1 unspecified atom stereocenters. The van der Waals surface area contributed by atoms with Gasteiger partial charge in [0.1, 0.15) is 5.75 Å². The normalized spacial score (nSPS) is 12.4. The van der Waals surface area contributed by atoms with E-state index >= 15 is 0 Å². The Bertz CT molecular complexity index is 561. The van der Waals surface area contributed by atoms with Crippen LogP contribution in [-0.2, 0) is 0 Å². The van der Waals surface area contributed by atoms with Crippen molar-refractivity contribution in [2.45, 2.75) is 19.6 Å². The summed E-state index contributed by atoms with van der Waals surface area (Å²) in [7, 11) is 0. The van der Waals surface area contributed by atoms with E-state index in [2.05, 4.69) is 15.1 Å². The number of aromatic nitrogens is 1. The highest BCUT2D eigenvalue weighted by Gasteiger charge is 2.14. The Balaban J connectivity index is 2.29. The number of nitrogens with one attached hydrogen (secondary N) is 1. The molecule has 106 valence electrons. The van der Waals surface area contributed by atoms with Crippen molar-refractivity contribution < 1.29 is 13.5 Å². The molecule has 6 heteroatoms. The van der Waals surface area contributed by atoms with E-state index in [-0.39, 0.29) is 11.8 Å². The summed E-state index contributed by atoms with van der Waals surface area (Å²) in [5.74, 6) is 5.65. The summed E-state index contributed by atoms with van der Waals surface area (Å²) in [6.07, 6.45) is 1.69. The van der Waals surface area contributed by atoms with Crippen molar-refractivity contribution in [1.29, 1.82) is 0 Å². The summed E-state index contributed by atoms with van der Waals surface area (Å²) in [4.78, 5) is 4.20. The first kappa shape index (κ1) is 14.4. The van der Waals surface area contributed by atoms with Crippen LogP contribution < -0.4 is 16.0 Å². The average Bonchev–Trinajstić information content (AvgIpc) is 2.41. The molecule has 0 amide bonds. The standard InChI is InChI=1S/C14H15F2N3O/c1-9-5-6-11(8-18-9)13(19-17)10-3-2-4-12(7-10)20-14(15)16/h2-8,13-14,19H,17H2,1H3. The predicted molar refractivity (Wildman–Crippen MR) is 71.2 cm³/mol. The van der Waals surface area contributed by atoms with E-state index < -0.39 is 6.61 Å². The molecule has 2 rings (SSSR count). The van der Waals surface area contributed by atoms with Crippen molar-refractivity contribution in [3.63, 3.8) is 0 Å². The molecule has 20 heavy (non-hydrogen) atoms. The number of nitrogens with zero attached hydrogens (tertiary/aromatic N) is 1. The second kappa shape index (κ2) is 6.40. The van der Waals surface area contributed by atoms with E-state index in [0.29, 0.717) is 0 Å². The Morgan fingerprint density at radius 3 is 2.60 bits per heavy atom. The van der Waals surface area contributed by atoms with Crippen molar-refractivity contribution >= 4 is 0 Å². The summed E-state index contributed by atoms with van der Waals surface area (Å²) in [5, 5.41) is 0. The number of ether oxygens (including phenoxy) is 1. The molecule has 3 N–H and O–H groups in total. The van der Waals surface area contributed by atoms with Crippen LogP contribution in [-0.4, -0.2) is 11.6 Å². The third-order valence-corrected chi connectivity index (χ3v) is 2.85. The van der Waals surface area contributed by atoms with Gasteiger partial charge in [0.05, 0.1) is 6.04 Å². The van der Waals surface area contributed by atoms with Crippen LogP contribution in [0.5, 0.6) is 5.75 Å². The fraction of sp³-hybridized carbons (Fsp3) is 0.214. The molecule has 0 saturated carbocycles. The van der Waals surface area contributed by atoms with Crippen LogP contribution >= 0.6 is 0 Å². The van der Waals surface area contributed by atoms with E-state index in [1.165, 1.54) is 12.1 Å². The number of halogens is 2. The number of hydrazine groups is 1. The topological polar surface area (TPSA) is 60.2 Å². The number of rotatable bonds is 5. The first-order valence-electron chi connectivity index (χ1n) is 6.03. The molecule has 0 aliphatic heterocycles. The van der Waals surface area contributed by atoms with Gasteiger partial charge >= 0.3 is 6.61 Å². The number of benzene rings is 1. The number of alkyl halides is 2. The minimum atomic E-state index is -2.85. The lowest BCUT2D eigenvalue weighted by atomic mass is 10.0. The van der Waals surface area contributed by atoms with Gasteiger partial charge in [-0.2, -0.15) is 8.78 Å². The van der Waals surface area contributed by atoms with Crippen molar-refractivity contribution in [3.8, 4) is 5.75 Å². The van der Waals surface area contributed by atoms with E-state index in [1.54, 1.807) is 18.3 Å². The van der Waals surface area contributed by atoms with Gasteiger partial charge in [-0.1, -0.05) is 18.2 Å². The molecule has 1 aromatic carbocycles. The van der Waals surface area contributed by atoms with Gasteiger partial charge in [-0.3, -0.25) is 10.8 Å². The van der Waals surface area contributed by atoms with Gasteiger partial charge in [-0.05, 0) is 36.2 Å². The molecule has 0 aliphatic rings. The highest BCUT2D eigenvalue weighted by atomic mass is 19.3. The Kier molecular flexibility index (Phi) is 4.60. The van der Waals surface area contributed by atoms with Crippen molar-refractivity contribution in [2.75, 3.05) is 0 Å². The fourth-order valence-corrected chi connectivity index (χ4v) is 1.91. The summed E-state index contributed by atoms with van der Waals surface area (Å²) < 4.78 is 28.8. The number of hydrogen-bond acceptors (Lipinski definition) is 4. The van der Waals surface area contributed by atoms with E-state index in [1.807, 2.05) is 19.1 Å². The van der Waals surface area contributed by atoms with Gasteiger partial charge in [0.25, 0.3) is 0 Å². The zero-order valence-electron chi connectivity index (χ0n) is 10.9. The van der Waals surface area contributed by atoms with E-state index in [9.17, 15) is 8.78 Å². The summed E-state index contributed by atoms with van der Waals surface area (Å²) in [6, 6.07) is 9.81. The first-order chi connectivity index (χ1) is 9.60.